The first-order valence-electron chi connectivity index (χ1n) is 7.48. The third-order valence-corrected chi connectivity index (χ3v) is 4.93. The molecule has 17 heavy (non-hydrogen) atoms. The molecule has 2 heterocycles. The van der Waals surface area contributed by atoms with Crippen molar-refractivity contribution in [3.8, 4) is 0 Å². The van der Waals surface area contributed by atoms with Gasteiger partial charge in [-0.3, -0.25) is 4.90 Å². The fourth-order valence-corrected chi connectivity index (χ4v) is 3.65. The summed E-state index contributed by atoms with van der Waals surface area (Å²) in [5.41, 5.74) is 0.475. The van der Waals surface area contributed by atoms with Gasteiger partial charge in [-0.05, 0) is 50.1 Å². The molecule has 0 aromatic carbocycles. The summed E-state index contributed by atoms with van der Waals surface area (Å²) in [5, 5.41) is 3.75. The predicted octanol–water partition coefficient (Wildman–Crippen LogP) is 2.89. The van der Waals surface area contributed by atoms with E-state index in [-0.39, 0.29) is 0 Å². The van der Waals surface area contributed by atoms with Gasteiger partial charge in [-0.1, -0.05) is 27.7 Å². The van der Waals surface area contributed by atoms with Gasteiger partial charge in [0.05, 0.1) is 0 Å². The highest BCUT2D eigenvalue weighted by Crippen LogP contribution is 2.32. The van der Waals surface area contributed by atoms with Crippen LogP contribution in [0, 0.1) is 11.3 Å². The van der Waals surface area contributed by atoms with Crippen LogP contribution in [0.3, 0.4) is 0 Å². The van der Waals surface area contributed by atoms with Crippen molar-refractivity contribution in [1.29, 1.82) is 0 Å². The Morgan fingerprint density at radius 2 is 2.06 bits per heavy atom. The molecule has 2 unspecified atom stereocenters. The van der Waals surface area contributed by atoms with Crippen LogP contribution in [0.4, 0.5) is 0 Å². The van der Waals surface area contributed by atoms with Crippen molar-refractivity contribution in [2.24, 2.45) is 11.3 Å². The molecule has 2 fully saturated rings. The lowest BCUT2D eigenvalue weighted by Gasteiger charge is -2.43. The van der Waals surface area contributed by atoms with Crippen LogP contribution in [0.5, 0.6) is 0 Å². The molecule has 0 bridgehead atoms. The van der Waals surface area contributed by atoms with Gasteiger partial charge in [0.25, 0.3) is 0 Å². The van der Waals surface area contributed by atoms with E-state index in [1.807, 2.05) is 0 Å². The fraction of sp³-hybridized carbons (Fsp3) is 1.00. The summed E-state index contributed by atoms with van der Waals surface area (Å²) < 4.78 is 0. The first-order chi connectivity index (χ1) is 8.00. The molecule has 2 aliphatic heterocycles. The average Bonchev–Trinajstić information content (AvgIpc) is 2.69. The minimum atomic E-state index is 0.475. The minimum absolute atomic E-state index is 0.475. The van der Waals surface area contributed by atoms with E-state index in [1.165, 1.54) is 45.3 Å². The molecule has 0 amide bonds. The number of hydrogen-bond acceptors (Lipinski definition) is 2. The van der Waals surface area contributed by atoms with E-state index < -0.39 is 0 Å². The van der Waals surface area contributed by atoms with Gasteiger partial charge in [-0.25, -0.2) is 0 Å². The Kier molecular flexibility index (Phi) is 4.14. The van der Waals surface area contributed by atoms with E-state index in [2.05, 4.69) is 37.9 Å². The number of rotatable bonds is 3. The third-order valence-electron chi connectivity index (χ3n) is 4.93. The molecule has 2 aliphatic rings. The Bertz CT molecular complexity index is 247. The molecule has 1 N–H and O–H groups in total. The SMILES string of the molecule is CC(C)C1CCCN1CC1NCCCC1(C)C. The number of nitrogens with one attached hydrogen (secondary N) is 1. The Labute approximate surface area is 107 Å². The molecule has 0 aliphatic carbocycles. The van der Waals surface area contributed by atoms with E-state index in [9.17, 15) is 0 Å². The third kappa shape index (κ3) is 3.03. The number of likely N-dealkylation sites (tertiary alicyclic amines) is 1. The lowest BCUT2D eigenvalue weighted by molar-refractivity contribution is 0.108. The summed E-state index contributed by atoms with van der Waals surface area (Å²) in [4.78, 5) is 2.75. The second-order valence-corrected chi connectivity index (χ2v) is 7.05. The van der Waals surface area contributed by atoms with Crippen LogP contribution in [-0.4, -0.2) is 36.6 Å². The first kappa shape index (κ1) is 13.4. The maximum atomic E-state index is 3.75. The van der Waals surface area contributed by atoms with Gasteiger partial charge < -0.3 is 5.32 Å². The summed E-state index contributed by atoms with van der Waals surface area (Å²) in [7, 11) is 0. The lowest BCUT2D eigenvalue weighted by atomic mass is 9.77. The molecule has 2 rings (SSSR count). The second kappa shape index (κ2) is 5.27. The molecule has 2 saturated heterocycles. The normalized spacial score (nSPS) is 34.4. The Morgan fingerprint density at radius 3 is 2.71 bits per heavy atom. The molecule has 0 aromatic heterocycles. The second-order valence-electron chi connectivity index (χ2n) is 7.05. The highest BCUT2D eigenvalue weighted by molar-refractivity contribution is 4.93. The number of nitrogens with zero attached hydrogens (tertiary/aromatic N) is 1. The molecule has 2 heteroatoms. The van der Waals surface area contributed by atoms with Crippen molar-refractivity contribution in [1.82, 2.24) is 10.2 Å². The van der Waals surface area contributed by atoms with Gasteiger partial charge in [0, 0.05) is 18.6 Å². The highest BCUT2D eigenvalue weighted by atomic mass is 15.2. The van der Waals surface area contributed by atoms with E-state index in [1.54, 1.807) is 0 Å². The number of hydrogen-bond donors (Lipinski definition) is 1. The fourth-order valence-electron chi connectivity index (χ4n) is 3.65. The van der Waals surface area contributed by atoms with Gasteiger partial charge in [-0.15, -0.1) is 0 Å². The lowest BCUT2D eigenvalue weighted by Crippen LogP contribution is -2.54. The van der Waals surface area contributed by atoms with Crippen molar-refractivity contribution in [2.45, 2.75) is 65.5 Å². The highest BCUT2D eigenvalue weighted by Gasteiger charge is 2.36. The summed E-state index contributed by atoms with van der Waals surface area (Å²) in [6.45, 7) is 13.4. The summed E-state index contributed by atoms with van der Waals surface area (Å²) >= 11 is 0. The molecule has 0 radical (unpaired) electrons. The quantitative estimate of drug-likeness (QED) is 0.813. The minimum Gasteiger partial charge on any atom is -0.312 e. The van der Waals surface area contributed by atoms with Crippen LogP contribution in [0.15, 0.2) is 0 Å². The zero-order valence-electron chi connectivity index (χ0n) is 12.1. The summed E-state index contributed by atoms with van der Waals surface area (Å²) in [5.74, 6) is 0.809. The predicted molar refractivity (Wildman–Crippen MR) is 74.2 cm³/mol. The Balaban J connectivity index is 1.95. The standard InChI is InChI=1S/C15H30N2/c1-12(2)13-7-5-10-17(13)11-14-15(3,4)8-6-9-16-14/h12-14,16H,5-11H2,1-4H3. The van der Waals surface area contributed by atoms with Crippen molar-refractivity contribution in [3.05, 3.63) is 0 Å². The maximum Gasteiger partial charge on any atom is 0.0246 e. The average molecular weight is 238 g/mol. The maximum absolute atomic E-state index is 3.75. The zero-order chi connectivity index (χ0) is 12.5. The van der Waals surface area contributed by atoms with Crippen molar-refractivity contribution in [3.63, 3.8) is 0 Å². The Hall–Kier alpha value is -0.0800. The summed E-state index contributed by atoms with van der Waals surface area (Å²) in [6.07, 6.45) is 5.53. The number of piperidine rings is 1. The van der Waals surface area contributed by atoms with Crippen molar-refractivity contribution in [2.75, 3.05) is 19.6 Å². The van der Waals surface area contributed by atoms with E-state index in [0.29, 0.717) is 11.5 Å². The van der Waals surface area contributed by atoms with Gasteiger partial charge in [0.1, 0.15) is 0 Å². The van der Waals surface area contributed by atoms with Crippen LogP contribution >= 0.6 is 0 Å². The molecule has 0 saturated carbocycles. The Morgan fingerprint density at radius 1 is 1.29 bits per heavy atom. The molecule has 2 nitrogen and oxygen atoms in total. The van der Waals surface area contributed by atoms with Crippen LogP contribution in [0.1, 0.15) is 53.4 Å². The largest absolute Gasteiger partial charge is 0.312 e. The van der Waals surface area contributed by atoms with Crippen LogP contribution in [-0.2, 0) is 0 Å². The molecule has 0 spiro atoms. The monoisotopic (exact) mass is 238 g/mol. The van der Waals surface area contributed by atoms with E-state index in [0.717, 1.165) is 12.0 Å². The van der Waals surface area contributed by atoms with Gasteiger partial charge in [0.2, 0.25) is 0 Å². The van der Waals surface area contributed by atoms with Crippen LogP contribution < -0.4 is 5.32 Å². The molecule has 100 valence electrons. The smallest absolute Gasteiger partial charge is 0.0246 e. The topological polar surface area (TPSA) is 15.3 Å². The molecule has 2 atom stereocenters. The summed E-state index contributed by atoms with van der Waals surface area (Å²) in [6, 6.07) is 1.52. The van der Waals surface area contributed by atoms with Gasteiger partial charge >= 0.3 is 0 Å². The van der Waals surface area contributed by atoms with Crippen LogP contribution in [0.25, 0.3) is 0 Å². The van der Waals surface area contributed by atoms with Gasteiger partial charge in [0.15, 0.2) is 0 Å². The molecular weight excluding hydrogens is 208 g/mol. The van der Waals surface area contributed by atoms with E-state index >= 15 is 0 Å². The van der Waals surface area contributed by atoms with Crippen molar-refractivity contribution >= 4 is 0 Å². The van der Waals surface area contributed by atoms with Crippen molar-refractivity contribution < 1.29 is 0 Å². The zero-order valence-corrected chi connectivity index (χ0v) is 12.1. The van der Waals surface area contributed by atoms with Gasteiger partial charge in [-0.2, -0.15) is 0 Å². The van der Waals surface area contributed by atoms with Crippen LogP contribution in [0.2, 0.25) is 0 Å². The molecule has 0 aromatic rings. The molecular formula is C15H30N2. The van der Waals surface area contributed by atoms with E-state index in [4.69, 9.17) is 0 Å². The first-order valence-corrected chi connectivity index (χ1v) is 7.48.